The van der Waals surface area contributed by atoms with E-state index in [0.717, 1.165) is 16.7 Å². The van der Waals surface area contributed by atoms with Gasteiger partial charge in [-0.2, -0.15) is 0 Å². The summed E-state index contributed by atoms with van der Waals surface area (Å²) in [4.78, 5) is 24.4. The van der Waals surface area contributed by atoms with Crippen molar-refractivity contribution in [1.82, 2.24) is 5.32 Å². The molecule has 2 aromatic carbocycles. The van der Waals surface area contributed by atoms with Crippen molar-refractivity contribution >= 4 is 11.9 Å². The van der Waals surface area contributed by atoms with E-state index in [1.165, 1.54) is 6.92 Å². The van der Waals surface area contributed by atoms with Gasteiger partial charge in [-0.3, -0.25) is 4.79 Å². The Morgan fingerprint density at radius 3 is 2.60 bits per heavy atom. The van der Waals surface area contributed by atoms with Crippen LogP contribution in [0.3, 0.4) is 0 Å². The van der Waals surface area contributed by atoms with E-state index in [0.29, 0.717) is 17.2 Å². The quantitative estimate of drug-likeness (QED) is 0.667. The van der Waals surface area contributed by atoms with Crippen LogP contribution in [0.2, 0.25) is 0 Å². The number of hydrogen-bond acceptors (Lipinski definition) is 6. The number of ether oxygens (including phenoxy) is 4. The normalized spacial score (nSPS) is 13.1. The fourth-order valence-corrected chi connectivity index (χ4v) is 3.05. The average Bonchev–Trinajstić information content (AvgIpc) is 3.18. The molecule has 160 valence electrons. The number of aryl methyl sites for hydroxylation is 1. The topological polar surface area (TPSA) is 83.1 Å². The first kappa shape index (κ1) is 21.5. The van der Waals surface area contributed by atoms with Crippen molar-refractivity contribution in [2.45, 2.75) is 46.3 Å². The van der Waals surface area contributed by atoms with Gasteiger partial charge in [-0.05, 0) is 54.7 Å². The molecule has 0 fully saturated rings. The maximum Gasteiger partial charge on any atom is 0.344 e. The molecule has 1 atom stereocenters. The highest BCUT2D eigenvalue weighted by molar-refractivity contribution is 5.83. The number of esters is 1. The zero-order valence-corrected chi connectivity index (χ0v) is 17.7. The summed E-state index contributed by atoms with van der Waals surface area (Å²) in [6, 6.07) is 11.3. The smallest absolute Gasteiger partial charge is 0.344 e. The lowest BCUT2D eigenvalue weighted by molar-refractivity contribution is -0.156. The molecular weight excluding hydrogens is 386 g/mol. The van der Waals surface area contributed by atoms with Crippen molar-refractivity contribution in [3.05, 3.63) is 53.1 Å². The second-order valence-corrected chi connectivity index (χ2v) is 7.52. The summed E-state index contributed by atoms with van der Waals surface area (Å²) in [5.41, 5.74) is 2.91. The summed E-state index contributed by atoms with van der Waals surface area (Å²) in [5.74, 6) is 1.26. The van der Waals surface area contributed by atoms with Gasteiger partial charge in [0.2, 0.25) is 6.79 Å². The Morgan fingerprint density at radius 1 is 1.07 bits per heavy atom. The highest BCUT2D eigenvalue weighted by Gasteiger charge is 2.19. The summed E-state index contributed by atoms with van der Waals surface area (Å²) < 4.78 is 21.5. The highest BCUT2D eigenvalue weighted by atomic mass is 16.7. The van der Waals surface area contributed by atoms with Gasteiger partial charge >= 0.3 is 5.97 Å². The van der Waals surface area contributed by atoms with Gasteiger partial charge in [-0.25, -0.2) is 4.79 Å². The minimum Gasteiger partial charge on any atom is -0.482 e. The van der Waals surface area contributed by atoms with Crippen molar-refractivity contribution in [2.75, 3.05) is 13.4 Å². The molecule has 7 nitrogen and oxygen atoms in total. The van der Waals surface area contributed by atoms with E-state index >= 15 is 0 Å². The highest BCUT2D eigenvalue weighted by Crippen LogP contribution is 2.32. The number of fused-ring (bicyclic) bond motifs is 1. The third-order valence-corrected chi connectivity index (χ3v) is 4.72. The van der Waals surface area contributed by atoms with Crippen molar-refractivity contribution in [1.29, 1.82) is 0 Å². The molecule has 30 heavy (non-hydrogen) atoms. The largest absolute Gasteiger partial charge is 0.482 e. The molecule has 0 bridgehead atoms. The maximum absolute atomic E-state index is 12.3. The van der Waals surface area contributed by atoms with E-state index in [-0.39, 0.29) is 31.8 Å². The van der Waals surface area contributed by atoms with Crippen LogP contribution in [0.5, 0.6) is 17.2 Å². The molecule has 0 aromatic heterocycles. The van der Waals surface area contributed by atoms with Crippen LogP contribution >= 0.6 is 0 Å². The standard InChI is InChI=1S/C23H27NO6/c1-14(2)18-7-5-15(3)9-20(18)27-12-22(25)30-16(4)23(26)24-11-17-6-8-19-21(10-17)29-13-28-19/h5-10,14,16H,11-13H2,1-4H3,(H,24,26)/t16-/m1/s1. The van der Waals surface area contributed by atoms with Crippen molar-refractivity contribution < 1.29 is 28.5 Å². The summed E-state index contributed by atoms with van der Waals surface area (Å²) in [6.07, 6.45) is -0.933. The molecule has 1 amide bonds. The van der Waals surface area contributed by atoms with Gasteiger partial charge in [0.15, 0.2) is 24.2 Å². The van der Waals surface area contributed by atoms with Crippen LogP contribution in [0.15, 0.2) is 36.4 Å². The van der Waals surface area contributed by atoms with Crippen LogP contribution in [0, 0.1) is 6.92 Å². The fourth-order valence-electron chi connectivity index (χ4n) is 3.05. The van der Waals surface area contributed by atoms with Gasteiger partial charge < -0.3 is 24.3 Å². The molecule has 1 N–H and O–H groups in total. The molecule has 3 rings (SSSR count). The van der Waals surface area contributed by atoms with E-state index in [9.17, 15) is 9.59 Å². The minimum absolute atomic E-state index is 0.196. The molecule has 2 aromatic rings. The number of amides is 1. The predicted octanol–water partition coefficient (Wildman–Crippen LogP) is 3.47. The van der Waals surface area contributed by atoms with Crippen LogP contribution in [0.1, 0.15) is 43.4 Å². The van der Waals surface area contributed by atoms with E-state index in [1.807, 2.05) is 31.2 Å². The second-order valence-electron chi connectivity index (χ2n) is 7.52. The summed E-state index contributed by atoms with van der Waals surface area (Å²) in [6.45, 7) is 7.82. The number of carbonyl (C=O) groups is 2. The van der Waals surface area contributed by atoms with Crippen LogP contribution in [-0.2, 0) is 20.9 Å². The first-order chi connectivity index (χ1) is 14.3. The number of nitrogens with one attached hydrogen (secondary N) is 1. The lowest BCUT2D eigenvalue weighted by Crippen LogP contribution is -2.36. The number of rotatable bonds is 8. The van der Waals surface area contributed by atoms with Gasteiger partial charge in [-0.15, -0.1) is 0 Å². The molecule has 0 aliphatic carbocycles. The number of hydrogen-bond donors (Lipinski definition) is 1. The SMILES string of the molecule is Cc1ccc(C(C)C)c(OCC(=O)O[C@H](C)C(=O)NCc2ccc3c(c2)OCO3)c1. The van der Waals surface area contributed by atoms with Crippen LogP contribution in [0.4, 0.5) is 0 Å². The van der Waals surface area contributed by atoms with Gasteiger partial charge in [0.05, 0.1) is 0 Å². The lowest BCUT2D eigenvalue weighted by atomic mass is 10.0. The Morgan fingerprint density at radius 2 is 1.83 bits per heavy atom. The summed E-state index contributed by atoms with van der Waals surface area (Å²) in [7, 11) is 0. The Bertz CT molecular complexity index is 924. The van der Waals surface area contributed by atoms with Gasteiger partial charge in [0.1, 0.15) is 5.75 Å². The molecule has 1 aliphatic heterocycles. The molecule has 1 heterocycles. The zero-order chi connectivity index (χ0) is 21.7. The van der Waals surface area contributed by atoms with E-state index in [1.54, 1.807) is 12.1 Å². The molecule has 0 saturated heterocycles. The number of carbonyl (C=O) groups excluding carboxylic acids is 2. The third kappa shape index (κ3) is 5.43. The third-order valence-electron chi connectivity index (χ3n) is 4.72. The van der Waals surface area contributed by atoms with Crippen molar-refractivity contribution in [3.63, 3.8) is 0 Å². The zero-order valence-electron chi connectivity index (χ0n) is 17.7. The van der Waals surface area contributed by atoms with Crippen LogP contribution in [-0.4, -0.2) is 31.4 Å². The maximum atomic E-state index is 12.3. The van der Waals surface area contributed by atoms with E-state index < -0.39 is 12.1 Å². The second kappa shape index (κ2) is 9.52. The van der Waals surface area contributed by atoms with Crippen molar-refractivity contribution in [3.8, 4) is 17.2 Å². The molecule has 0 unspecified atom stereocenters. The Kier molecular flexibility index (Phi) is 6.82. The molecule has 0 saturated carbocycles. The predicted molar refractivity (Wildman–Crippen MR) is 111 cm³/mol. The lowest BCUT2D eigenvalue weighted by Gasteiger charge is -2.16. The Hall–Kier alpha value is -3.22. The van der Waals surface area contributed by atoms with Gasteiger partial charge in [0.25, 0.3) is 5.91 Å². The van der Waals surface area contributed by atoms with E-state index in [2.05, 4.69) is 19.2 Å². The summed E-state index contributed by atoms with van der Waals surface area (Å²) >= 11 is 0. The molecule has 7 heteroatoms. The van der Waals surface area contributed by atoms with Crippen LogP contribution < -0.4 is 19.5 Å². The number of benzene rings is 2. The molecule has 1 aliphatic rings. The minimum atomic E-state index is -0.933. The molecule has 0 radical (unpaired) electrons. The van der Waals surface area contributed by atoms with Crippen molar-refractivity contribution in [2.24, 2.45) is 0 Å². The first-order valence-corrected chi connectivity index (χ1v) is 9.92. The fraction of sp³-hybridized carbons (Fsp3) is 0.391. The molecular formula is C23H27NO6. The molecule has 0 spiro atoms. The first-order valence-electron chi connectivity index (χ1n) is 9.92. The monoisotopic (exact) mass is 413 g/mol. The average molecular weight is 413 g/mol. The summed E-state index contributed by atoms with van der Waals surface area (Å²) in [5, 5.41) is 2.75. The van der Waals surface area contributed by atoms with Crippen LogP contribution in [0.25, 0.3) is 0 Å². The van der Waals surface area contributed by atoms with Gasteiger partial charge in [-0.1, -0.05) is 32.0 Å². The Labute approximate surface area is 176 Å². The van der Waals surface area contributed by atoms with E-state index in [4.69, 9.17) is 18.9 Å². The Balaban J connectivity index is 1.47. The van der Waals surface area contributed by atoms with Gasteiger partial charge in [0, 0.05) is 6.54 Å².